The van der Waals surface area contributed by atoms with E-state index in [1.54, 1.807) is 5.57 Å². The van der Waals surface area contributed by atoms with Gasteiger partial charge in [0, 0.05) is 0 Å². The first-order valence-corrected chi connectivity index (χ1v) is 9.80. The first kappa shape index (κ1) is 18.8. The summed E-state index contributed by atoms with van der Waals surface area (Å²) < 4.78 is 0. The molecule has 1 aliphatic carbocycles. The van der Waals surface area contributed by atoms with Crippen LogP contribution in [0.1, 0.15) is 49.4 Å². The third kappa shape index (κ3) is 3.58. The molecule has 0 amide bonds. The van der Waals surface area contributed by atoms with Gasteiger partial charge in [0.05, 0.1) is 0 Å². The summed E-state index contributed by atoms with van der Waals surface area (Å²) in [7, 11) is 0. The zero-order chi connectivity index (χ0) is 19.0. The lowest BCUT2D eigenvalue weighted by Gasteiger charge is -2.29. The van der Waals surface area contributed by atoms with Crippen LogP contribution in [0.25, 0.3) is 0 Å². The highest BCUT2D eigenvalue weighted by molar-refractivity contribution is 6.92. The zero-order valence-corrected chi connectivity index (χ0v) is 17.4. The SMILES string of the molecule is CC1=CC(C)CC(C)=C1B(c1ccc(C)cc1)c1c(C)cc(C)cc1C. The second-order valence-electron chi connectivity index (χ2n) is 8.38. The monoisotopic (exact) mass is 342 g/mol. The van der Waals surface area contributed by atoms with Crippen LogP contribution in [0.5, 0.6) is 0 Å². The van der Waals surface area contributed by atoms with E-state index in [4.69, 9.17) is 0 Å². The molecule has 0 saturated heterocycles. The van der Waals surface area contributed by atoms with Crippen LogP contribution < -0.4 is 10.9 Å². The lowest BCUT2D eigenvalue weighted by molar-refractivity contribution is 0.697. The van der Waals surface area contributed by atoms with Gasteiger partial charge in [0.15, 0.2) is 0 Å². The van der Waals surface area contributed by atoms with Gasteiger partial charge >= 0.3 is 0 Å². The highest BCUT2D eigenvalue weighted by Crippen LogP contribution is 2.30. The molecule has 0 nitrogen and oxygen atoms in total. The van der Waals surface area contributed by atoms with Gasteiger partial charge < -0.3 is 0 Å². The van der Waals surface area contributed by atoms with E-state index in [-0.39, 0.29) is 0 Å². The van der Waals surface area contributed by atoms with Gasteiger partial charge in [-0.15, -0.1) is 0 Å². The summed E-state index contributed by atoms with van der Waals surface area (Å²) >= 11 is 0. The van der Waals surface area contributed by atoms with Crippen LogP contribution >= 0.6 is 0 Å². The molecule has 1 atom stereocenters. The standard InChI is InChI=1S/C25H31B/c1-16-8-10-23(11-9-16)26(24-19(4)12-17(2)13-20(24)5)25-21(6)14-18(3)15-22(25)7/h8-14,18H,15H2,1-7H3. The molecule has 0 saturated carbocycles. The van der Waals surface area contributed by atoms with Crippen molar-refractivity contribution in [3.63, 3.8) is 0 Å². The van der Waals surface area contributed by atoms with Crippen LogP contribution in [-0.2, 0) is 0 Å². The number of benzene rings is 2. The largest absolute Gasteiger partial charge is 0.242 e. The van der Waals surface area contributed by atoms with Gasteiger partial charge in [0.2, 0.25) is 6.71 Å². The molecule has 1 unspecified atom stereocenters. The van der Waals surface area contributed by atoms with Gasteiger partial charge in [-0.25, -0.2) is 0 Å². The summed E-state index contributed by atoms with van der Waals surface area (Å²) in [4.78, 5) is 0. The maximum absolute atomic E-state index is 2.46. The summed E-state index contributed by atoms with van der Waals surface area (Å²) in [5, 5.41) is 0. The molecule has 2 aromatic carbocycles. The van der Waals surface area contributed by atoms with Crippen molar-refractivity contribution in [2.75, 3.05) is 0 Å². The Kier molecular flexibility index (Phi) is 5.28. The van der Waals surface area contributed by atoms with E-state index in [0.29, 0.717) is 12.6 Å². The lowest BCUT2D eigenvalue weighted by Crippen LogP contribution is -2.48. The van der Waals surface area contributed by atoms with Gasteiger partial charge in [-0.05, 0) is 53.9 Å². The average Bonchev–Trinajstić information content (AvgIpc) is 2.52. The Morgan fingerprint density at radius 1 is 0.808 bits per heavy atom. The van der Waals surface area contributed by atoms with Gasteiger partial charge in [0.1, 0.15) is 0 Å². The van der Waals surface area contributed by atoms with Crippen molar-refractivity contribution in [3.8, 4) is 0 Å². The Hall–Kier alpha value is -2.02. The molecular formula is C25H31B. The molecule has 1 aliphatic rings. The number of hydrogen-bond donors (Lipinski definition) is 0. The van der Waals surface area contributed by atoms with Crippen molar-refractivity contribution in [1.82, 2.24) is 0 Å². The van der Waals surface area contributed by atoms with Crippen LogP contribution in [0.15, 0.2) is 59.1 Å². The van der Waals surface area contributed by atoms with E-state index in [1.807, 2.05) is 0 Å². The van der Waals surface area contributed by atoms with Crippen LogP contribution in [-0.4, -0.2) is 6.71 Å². The fourth-order valence-electron chi connectivity index (χ4n) is 4.86. The molecule has 0 aromatic heterocycles. The molecule has 0 N–H and O–H groups in total. The average molecular weight is 342 g/mol. The quantitative estimate of drug-likeness (QED) is 0.658. The fraction of sp³-hybridized carbons (Fsp3) is 0.360. The van der Waals surface area contributed by atoms with E-state index >= 15 is 0 Å². The number of aryl methyl sites for hydroxylation is 4. The molecule has 0 aliphatic heterocycles. The maximum Gasteiger partial charge on any atom is 0.242 e. The molecule has 0 bridgehead atoms. The Labute approximate surface area is 160 Å². The summed E-state index contributed by atoms with van der Waals surface area (Å²) in [6.45, 7) is 16.2. The maximum atomic E-state index is 2.46. The lowest BCUT2D eigenvalue weighted by atomic mass is 9.33. The first-order valence-electron chi connectivity index (χ1n) is 9.80. The molecule has 134 valence electrons. The Balaban J connectivity index is 2.27. The Bertz CT molecular complexity index is 858. The number of rotatable bonds is 3. The van der Waals surface area contributed by atoms with Crippen molar-refractivity contribution in [2.24, 2.45) is 5.92 Å². The van der Waals surface area contributed by atoms with E-state index in [2.05, 4.69) is 90.9 Å². The number of allylic oxidation sites excluding steroid dienone is 4. The predicted octanol–water partition coefficient (Wildman–Crippen LogP) is 5.37. The molecule has 3 rings (SSSR count). The van der Waals surface area contributed by atoms with Crippen LogP contribution in [0.4, 0.5) is 0 Å². The normalized spacial score (nSPS) is 17.3. The van der Waals surface area contributed by atoms with E-state index in [9.17, 15) is 0 Å². The Morgan fingerprint density at radius 2 is 1.38 bits per heavy atom. The predicted molar refractivity (Wildman–Crippen MR) is 117 cm³/mol. The van der Waals surface area contributed by atoms with Gasteiger partial charge in [-0.1, -0.05) is 99.2 Å². The molecule has 0 radical (unpaired) electrons. The van der Waals surface area contributed by atoms with E-state index in [0.717, 1.165) is 0 Å². The second-order valence-corrected chi connectivity index (χ2v) is 8.38. The summed E-state index contributed by atoms with van der Waals surface area (Å²) in [5.74, 6) is 0.637. The molecule has 0 fully saturated rings. The highest BCUT2D eigenvalue weighted by atomic mass is 14.2. The van der Waals surface area contributed by atoms with Gasteiger partial charge in [-0.3, -0.25) is 0 Å². The minimum Gasteiger partial charge on any atom is -0.0789 e. The van der Waals surface area contributed by atoms with Gasteiger partial charge in [-0.2, -0.15) is 0 Å². The third-order valence-corrected chi connectivity index (χ3v) is 5.77. The summed E-state index contributed by atoms with van der Waals surface area (Å²) in [6, 6.07) is 13.8. The van der Waals surface area contributed by atoms with Crippen LogP contribution in [0.2, 0.25) is 0 Å². The van der Waals surface area contributed by atoms with Gasteiger partial charge in [0.25, 0.3) is 0 Å². The minimum atomic E-state index is 0.319. The number of hydrogen-bond acceptors (Lipinski definition) is 0. The fourth-order valence-corrected chi connectivity index (χ4v) is 4.86. The van der Waals surface area contributed by atoms with E-state index < -0.39 is 0 Å². The summed E-state index contributed by atoms with van der Waals surface area (Å²) in [5.41, 5.74) is 12.9. The van der Waals surface area contributed by atoms with Crippen molar-refractivity contribution in [1.29, 1.82) is 0 Å². The molecule has 2 aromatic rings. The van der Waals surface area contributed by atoms with Crippen molar-refractivity contribution >= 4 is 17.6 Å². The minimum absolute atomic E-state index is 0.319. The highest BCUT2D eigenvalue weighted by Gasteiger charge is 2.31. The Morgan fingerprint density at radius 3 is 1.92 bits per heavy atom. The van der Waals surface area contributed by atoms with Crippen LogP contribution in [0.3, 0.4) is 0 Å². The summed E-state index contributed by atoms with van der Waals surface area (Å²) in [6.07, 6.45) is 3.63. The molecule has 0 spiro atoms. The zero-order valence-electron chi connectivity index (χ0n) is 17.4. The topological polar surface area (TPSA) is 0 Å². The third-order valence-electron chi connectivity index (χ3n) is 5.77. The second kappa shape index (κ2) is 7.31. The van der Waals surface area contributed by atoms with Crippen molar-refractivity contribution in [3.05, 3.63) is 81.3 Å². The smallest absolute Gasteiger partial charge is 0.0789 e. The molecule has 0 heterocycles. The van der Waals surface area contributed by atoms with Crippen molar-refractivity contribution < 1.29 is 0 Å². The molecule has 26 heavy (non-hydrogen) atoms. The first-order chi connectivity index (χ1) is 12.3. The molecular weight excluding hydrogens is 311 g/mol. The van der Waals surface area contributed by atoms with E-state index in [1.165, 1.54) is 50.6 Å². The molecule has 1 heteroatoms. The van der Waals surface area contributed by atoms with Crippen molar-refractivity contribution in [2.45, 2.75) is 54.9 Å². The van der Waals surface area contributed by atoms with Crippen LogP contribution in [0, 0.1) is 33.6 Å².